The maximum Gasteiger partial charge on any atom is 0.254 e. The van der Waals surface area contributed by atoms with Gasteiger partial charge in [-0.25, -0.2) is 0 Å². The Labute approximate surface area is 127 Å². The van der Waals surface area contributed by atoms with Crippen LogP contribution in [0, 0.1) is 5.92 Å². The average molecular weight is 291 g/mol. The van der Waals surface area contributed by atoms with Gasteiger partial charge < -0.3 is 14.4 Å². The Morgan fingerprint density at radius 2 is 1.76 bits per heavy atom. The van der Waals surface area contributed by atoms with Gasteiger partial charge in [0.15, 0.2) is 0 Å². The summed E-state index contributed by atoms with van der Waals surface area (Å²) in [5.74, 6) is 1.85. The third-order valence-electron chi connectivity index (χ3n) is 4.18. The van der Waals surface area contributed by atoms with Gasteiger partial charge in [0.05, 0.1) is 14.2 Å². The molecule has 0 bridgehead atoms. The zero-order valence-corrected chi connectivity index (χ0v) is 13.4. The number of ether oxygens (including phenoxy) is 2. The van der Waals surface area contributed by atoms with Gasteiger partial charge in [-0.1, -0.05) is 13.8 Å². The molecule has 1 unspecified atom stereocenters. The number of piperidine rings is 1. The first kappa shape index (κ1) is 15.7. The molecule has 1 atom stereocenters. The summed E-state index contributed by atoms with van der Waals surface area (Å²) in [6, 6.07) is 5.68. The van der Waals surface area contributed by atoms with E-state index in [-0.39, 0.29) is 5.91 Å². The summed E-state index contributed by atoms with van der Waals surface area (Å²) in [6.07, 6.45) is 3.37. The predicted octanol–water partition coefficient (Wildman–Crippen LogP) is 3.35. The highest BCUT2D eigenvalue weighted by atomic mass is 16.5. The largest absolute Gasteiger partial charge is 0.497 e. The van der Waals surface area contributed by atoms with Gasteiger partial charge in [-0.05, 0) is 37.3 Å². The molecular formula is C17H25NO3. The third-order valence-corrected chi connectivity index (χ3v) is 4.18. The van der Waals surface area contributed by atoms with Crippen molar-refractivity contribution in [2.45, 2.75) is 39.2 Å². The topological polar surface area (TPSA) is 38.8 Å². The zero-order chi connectivity index (χ0) is 15.4. The molecule has 1 aliphatic rings. The lowest BCUT2D eigenvalue weighted by Crippen LogP contribution is -2.46. The lowest BCUT2D eigenvalue weighted by molar-refractivity contribution is 0.0542. The Morgan fingerprint density at radius 1 is 1.14 bits per heavy atom. The number of methoxy groups -OCH3 is 2. The van der Waals surface area contributed by atoms with E-state index in [0.29, 0.717) is 29.0 Å². The van der Waals surface area contributed by atoms with E-state index in [1.807, 2.05) is 4.90 Å². The second-order valence-electron chi connectivity index (χ2n) is 5.91. The highest BCUT2D eigenvalue weighted by Gasteiger charge is 2.29. The van der Waals surface area contributed by atoms with Crippen LogP contribution in [0.1, 0.15) is 43.5 Å². The summed E-state index contributed by atoms with van der Waals surface area (Å²) in [6.45, 7) is 5.20. The molecule has 1 aromatic rings. The van der Waals surface area contributed by atoms with Gasteiger partial charge in [-0.2, -0.15) is 0 Å². The van der Waals surface area contributed by atoms with E-state index in [9.17, 15) is 4.79 Å². The van der Waals surface area contributed by atoms with Gasteiger partial charge >= 0.3 is 0 Å². The molecular weight excluding hydrogens is 266 g/mol. The van der Waals surface area contributed by atoms with E-state index >= 15 is 0 Å². The first-order valence-electron chi connectivity index (χ1n) is 7.61. The molecule has 0 spiro atoms. The molecule has 1 aromatic carbocycles. The van der Waals surface area contributed by atoms with Crippen molar-refractivity contribution in [2.24, 2.45) is 5.92 Å². The number of carbonyl (C=O) groups is 1. The van der Waals surface area contributed by atoms with E-state index in [1.54, 1.807) is 32.4 Å². The van der Waals surface area contributed by atoms with Crippen molar-refractivity contribution in [1.29, 1.82) is 0 Å². The van der Waals surface area contributed by atoms with Gasteiger partial charge in [-0.3, -0.25) is 4.79 Å². The van der Waals surface area contributed by atoms with Gasteiger partial charge in [0.2, 0.25) is 0 Å². The lowest BCUT2D eigenvalue weighted by Gasteiger charge is -2.38. The Morgan fingerprint density at radius 3 is 2.29 bits per heavy atom. The molecule has 21 heavy (non-hydrogen) atoms. The molecule has 0 saturated carbocycles. The number of hydrogen-bond acceptors (Lipinski definition) is 3. The number of carbonyl (C=O) groups excluding carboxylic acids is 1. The highest BCUT2D eigenvalue weighted by Crippen LogP contribution is 2.28. The van der Waals surface area contributed by atoms with Gasteiger partial charge in [-0.15, -0.1) is 0 Å². The highest BCUT2D eigenvalue weighted by molar-refractivity contribution is 5.95. The van der Waals surface area contributed by atoms with Crippen molar-refractivity contribution in [3.8, 4) is 11.5 Å². The van der Waals surface area contributed by atoms with Crippen LogP contribution in [0.15, 0.2) is 18.2 Å². The van der Waals surface area contributed by atoms with E-state index in [4.69, 9.17) is 9.47 Å². The molecule has 0 aliphatic carbocycles. The van der Waals surface area contributed by atoms with Crippen LogP contribution in [-0.2, 0) is 0 Å². The van der Waals surface area contributed by atoms with Gasteiger partial charge in [0.25, 0.3) is 5.91 Å². The molecule has 1 amide bonds. The normalized spacial score (nSPS) is 18.7. The fraction of sp³-hybridized carbons (Fsp3) is 0.588. The van der Waals surface area contributed by atoms with Gasteiger partial charge in [0.1, 0.15) is 11.5 Å². The molecule has 116 valence electrons. The molecule has 0 radical (unpaired) electrons. The quantitative estimate of drug-likeness (QED) is 0.854. The molecule has 0 N–H and O–H groups in total. The monoisotopic (exact) mass is 291 g/mol. The molecule has 1 saturated heterocycles. The van der Waals surface area contributed by atoms with Crippen LogP contribution in [0.2, 0.25) is 0 Å². The Hall–Kier alpha value is -1.71. The minimum atomic E-state index is 0.0746. The van der Waals surface area contributed by atoms with E-state index in [0.717, 1.165) is 19.4 Å². The van der Waals surface area contributed by atoms with Crippen molar-refractivity contribution in [1.82, 2.24) is 4.90 Å². The predicted molar refractivity (Wildman–Crippen MR) is 83.1 cm³/mol. The van der Waals surface area contributed by atoms with Gasteiger partial charge in [0, 0.05) is 24.2 Å². The zero-order valence-electron chi connectivity index (χ0n) is 13.4. The fourth-order valence-electron chi connectivity index (χ4n) is 3.00. The first-order valence-corrected chi connectivity index (χ1v) is 7.61. The van der Waals surface area contributed by atoms with Crippen LogP contribution >= 0.6 is 0 Å². The average Bonchev–Trinajstić information content (AvgIpc) is 2.53. The second-order valence-corrected chi connectivity index (χ2v) is 5.91. The number of hydrogen-bond donors (Lipinski definition) is 0. The molecule has 0 aromatic heterocycles. The summed E-state index contributed by atoms with van der Waals surface area (Å²) >= 11 is 0. The van der Waals surface area contributed by atoms with Crippen molar-refractivity contribution in [3.63, 3.8) is 0 Å². The number of amides is 1. The smallest absolute Gasteiger partial charge is 0.254 e. The van der Waals surface area contributed by atoms with E-state index in [2.05, 4.69) is 13.8 Å². The standard InChI is InChI=1S/C17H25NO3/c1-12(2)16-7-5-6-8-18(16)17(19)13-9-14(20-3)11-15(10-13)21-4/h9-12,16H,5-8H2,1-4H3. The number of benzene rings is 1. The Kier molecular flexibility index (Phi) is 5.10. The molecule has 1 aliphatic heterocycles. The van der Waals surface area contributed by atoms with Crippen molar-refractivity contribution in [3.05, 3.63) is 23.8 Å². The Balaban J connectivity index is 2.29. The van der Waals surface area contributed by atoms with Crippen LogP contribution in [-0.4, -0.2) is 37.6 Å². The molecule has 1 fully saturated rings. The first-order chi connectivity index (χ1) is 10.1. The van der Waals surface area contributed by atoms with Crippen LogP contribution in [0.3, 0.4) is 0 Å². The summed E-state index contributed by atoms with van der Waals surface area (Å²) in [7, 11) is 3.20. The molecule has 4 heteroatoms. The molecule has 1 heterocycles. The van der Waals surface area contributed by atoms with Crippen LogP contribution in [0.4, 0.5) is 0 Å². The van der Waals surface area contributed by atoms with Crippen molar-refractivity contribution in [2.75, 3.05) is 20.8 Å². The second kappa shape index (κ2) is 6.83. The van der Waals surface area contributed by atoms with E-state index in [1.165, 1.54) is 6.42 Å². The summed E-state index contributed by atoms with van der Waals surface area (Å²) in [5, 5.41) is 0. The third kappa shape index (κ3) is 3.49. The maximum absolute atomic E-state index is 12.9. The summed E-state index contributed by atoms with van der Waals surface area (Å²) in [5.41, 5.74) is 0.638. The van der Waals surface area contributed by atoms with Crippen LogP contribution < -0.4 is 9.47 Å². The van der Waals surface area contributed by atoms with Crippen LogP contribution in [0.25, 0.3) is 0 Å². The molecule has 2 rings (SSSR count). The summed E-state index contributed by atoms with van der Waals surface area (Å²) < 4.78 is 10.5. The number of likely N-dealkylation sites (tertiary alicyclic amines) is 1. The summed E-state index contributed by atoms with van der Waals surface area (Å²) in [4.78, 5) is 14.9. The SMILES string of the molecule is COc1cc(OC)cc(C(=O)N2CCCCC2C(C)C)c1. The van der Waals surface area contributed by atoms with Crippen LogP contribution in [0.5, 0.6) is 11.5 Å². The Bertz CT molecular complexity index is 477. The van der Waals surface area contributed by atoms with Crippen molar-refractivity contribution < 1.29 is 14.3 Å². The minimum Gasteiger partial charge on any atom is -0.497 e. The van der Waals surface area contributed by atoms with E-state index < -0.39 is 0 Å². The van der Waals surface area contributed by atoms with Crippen molar-refractivity contribution >= 4 is 5.91 Å². The maximum atomic E-state index is 12.9. The fourth-order valence-corrected chi connectivity index (χ4v) is 3.00. The number of nitrogens with zero attached hydrogens (tertiary/aromatic N) is 1. The molecule has 4 nitrogen and oxygen atoms in total. The number of rotatable bonds is 4. The minimum absolute atomic E-state index is 0.0746. The lowest BCUT2D eigenvalue weighted by atomic mass is 9.92.